The second-order valence-corrected chi connectivity index (χ2v) is 6.36. The van der Waals surface area contributed by atoms with Crippen molar-refractivity contribution in [3.8, 4) is 22.9 Å². The fourth-order valence-corrected chi connectivity index (χ4v) is 2.69. The summed E-state index contributed by atoms with van der Waals surface area (Å²) in [7, 11) is 0. The Morgan fingerprint density at radius 3 is 2.14 bits per heavy atom. The van der Waals surface area contributed by atoms with Crippen molar-refractivity contribution in [2.45, 2.75) is 13.5 Å². The third kappa shape index (κ3) is 3.96. The van der Waals surface area contributed by atoms with E-state index in [-0.39, 0.29) is 5.91 Å². The molecule has 1 N–H and O–H groups in total. The molecule has 0 unspecified atom stereocenters. The van der Waals surface area contributed by atoms with Gasteiger partial charge in [-0.25, -0.2) is 0 Å². The first-order valence-corrected chi connectivity index (χ1v) is 8.88. The lowest BCUT2D eigenvalue weighted by Crippen LogP contribution is -2.23. The van der Waals surface area contributed by atoms with Gasteiger partial charge in [0.2, 0.25) is 11.8 Å². The quantitative estimate of drug-likeness (QED) is 0.573. The zero-order chi connectivity index (χ0) is 19.3. The molecule has 138 valence electrons. The van der Waals surface area contributed by atoms with Gasteiger partial charge >= 0.3 is 0 Å². The summed E-state index contributed by atoms with van der Waals surface area (Å²) in [6.45, 7) is 2.40. The second-order valence-electron chi connectivity index (χ2n) is 6.36. The molecular formula is C22H18N4O2. The molecule has 0 saturated heterocycles. The predicted molar refractivity (Wildman–Crippen MR) is 105 cm³/mol. The Kier molecular flexibility index (Phi) is 4.93. The molecule has 0 spiro atoms. The SMILES string of the molecule is Cc1ccc(-c2nnc(-c3ccc(C(=O)NCc4ccccn4)cc3)o2)cc1. The van der Waals surface area contributed by atoms with Crippen LogP contribution in [0.2, 0.25) is 0 Å². The van der Waals surface area contributed by atoms with E-state index >= 15 is 0 Å². The Morgan fingerprint density at radius 1 is 0.893 bits per heavy atom. The first kappa shape index (κ1) is 17.6. The molecule has 0 saturated carbocycles. The van der Waals surface area contributed by atoms with Crippen molar-refractivity contribution in [2.75, 3.05) is 0 Å². The van der Waals surface area contributed by atoms with E-state index in [0.29, 0.717) is 23.9 Å². The van der Waals surface area contributed by atoms with Gasteiger partial charge in [-0.2, -0.15) is 0 Å². The van der Waals surface area contributed by atoms with E-state index in [2.05, 4.69) is 20.5 Å². The summed E-state index contributed by atoms with van der Waals surface area (Å²) < 4.78 is 5.77. The minimum Gasteiger partial charge on any atom is -0.416 e. The number of pyridine rings is 1. The van der Waals surface area contributed by atoms with Crippen LogP contribution < -0.4 is 5.32 Å². The Hall–Kier alpha value is -3.80. The van der Waals surface area contributed by atoms with Crippen molar-refractivity contribution >= 4 is 5.91 Å². The molecule has 0 aliphatic carbocycles. The Morgan fingerprint density at radius 2 is 1.54 bits per heavy atom. The van der Waals surface area contributed by atoms with Crippen LogP contribution in [0.3, 0.4) is 0 Å². The summed E-state index contributed by atoms with van der Waals surface area (Å²) in [5, 5.41) is 11.1. The number of amides is 1. The maximum atomic E-state index is 12.3. The number of aryl methyl sites for hydroxylation is 1. The summed E-state index contributed by atoms with van der Waals surface area (Å²) in [5.41, 5.74) is 4.15. The molecule has 2 heterocycles. The number of nitrogens with one attached hydrogen (secondary N) is 1. The largest absolute Gasteiger partial charge is 0.416 e. The van der Waals surface area contributed by atoms with E-state index in [1.54, 1.807) is 30.5 Å². The van der Waals surface area contributed by atoms with E-state index < -0.39 is 0 Å². The highest BCUT2D eigenvalue weighted by Crippen LogP contribution is 2.24. The first-order valence-electron chi connectivity index (χ1n) is 8.88. The van der Waals surface area contributed by atoms with Crippen LogP contribution in [0.5, 0.6) is 0 Å². The zero-order valence-electron chi connectivity index (χ0n) is 15.3. The topological polar surface area (TPSA) is 80.9 Å². The molecule has 0 atom stereocenters. The van der Waals surface area contributed by atoms with Crippen molar-refractivity contribution < 1.29 is 9.21 Å². The van der Waals surface area contributed by atoms with Crippen LogP contribution in [0.25, 0.3) is 22.9 Å². The average Bonchev–Trinajstić information content (AvgIpc) is 3.24. The molecule has 0 radical (unpaired) electrons. The highest BCUT2D eigenvalue weighted by molar-refractivity contribution is 5.94. The lowest BCUT2D eigenvalue weighted by Gasteiger charge is -2.05. The molecule has 0 aliphatic rings. The molecule has 2 aromatic carbocycles. The fraction of sp³-hybridized carbons (Fsp3) is 0.0909. The van der Waals surface area contributed by atoms with Crippen molar-refractivity contribution in [3.63, 3.8) is 0 Å². The summed E-state index contributed by atoms with van der Waals surface area (Å²) in [6.07, 6.45) is 1.70. The zero-order valence-corrected chi connectivity index (χ0v) is 15.3. The van der Waals surface area contributed by atoms with Crippen molar-refractivity contribution in [3.05, 3.63) is 89.7 Å². The van der Waals surface area contributed by atoms with Crippen molar-refractivity contribution in [2.24, 2.45) is 0 Å². The Labute approximate surface area is 162 Å². The number of hydrogen-bond donors (Lipinski definition) is 1. The van der Waals surface area contributed by atoms with Gasteiger partial charge in [0.25, 0.3) is 5.91 Å². The number of carbonyl (C=O) groups is 1. The van der Waals surface area contributed by atoms with Gasteiger partial charge in [-0.3, -0.25) is 9.78 Å². The molecule has 2 aromatic heterocycles. The molecule has 6 nitrogen and oxygen atoms in total. The van der Waals surface area contributed by atoms with Crippen LogP contribution in [-0.4, -0.2) is 21.1 Å². The number of rotatable bonds is 5. The number of carbonyl (C=O) groups excluding carboxylic acids is 1. The highest BCUT2D eigenvalue weighted by atomic mass is 16.4. The molecular weight excluding hydrogens is 352 g/mol. The van der Waals surface area contributed by atoms with E-state index in [0.717, 1.165) is 16.8 Å². The van der Waals surface area contributed by atoms with Gasteiger partial charge in [-0.05, 0) is 55.5 Å². The maximum Gasteiger partial charge on any atom is 0.251 e. The summed E-state index contributed by atoms with van der Waals surface area (Å²) in [6, 6.07) is 20.5. The molecule has 4 aromatic rings. The summed E-state index contributed by atoms with van der Waals surface area (Å²) >= 11 is 0. The van der Waals surface area contributed by atoms with Gasteiger partial charge in [0, 0.05) is 22.9 Å². The molecule has 0 fully saturated rings. The standard InChI is InChI=1S/C22H18N4O2/c1-15-5-7-17(8-6-15)21-25-26-22(28-21)18-11-9-16(10-12-18)20(27)24-14-19-4-2-3-13-23-19/h2-13H,14H2,1H3,(H,24,27). The highest BCUT2D eigenvalue weighted by Gasteiger charge is 2.12. The van der Waals surface area contributed by atoms with Crippen LogP contribution in [0.1, 0.15) is 21.6 Å². The maximum absolute atomic E-state index is 12.3. The Balaban J connectivity index is 1.44. The molecule has 28 heavy (non-hydrogen) atoms. The van der Waals surface area contributed by atoms with Crippen molar-refractivity contribution in [1.82, 2.24) is 20.5 Å². The number of hydrogen-bond acceptors (Lipinski definition) is 5. The summed E-state index contributed by atoms with van der Waals surface area (Å²) in [5.74, 6) is 0.714. The minimum atomic E-state index is -0.164. The van der Waals surface area contributed by atoms with E-state index in [1.807, 2.05) is 49.4 Å². The summed E-state index contributed by atoms with van der Waals surface area (Å²) in [4.78, 5) is 16.5. The third-order valence-electron chi connectivity index (χ3n) is 4.27. The lowest BCUT2D eigenvalue weighted by molar-refractivity contribution is 0.0950. The third-order valence-corrected chi connectivity index (χ3v) is 4.27. The average molecular weight is 370 g/mol. The predicted octanol–water partition coefficient (Wildman–Crippen LogP) is 4.04. The van der Waals surface area contributed by atoms with Crippen LogP contribution in [0.15, 0.2) is 77.3 Å². The normalized spacial score (nSPS) is 10.6. The monoisotopic (exact) mass is 370 g/mol. The van der Waals surface area contributed by atoms with Crippen LogP contribution in [0.4, 0.5) is 0 Å². The van der Waals surface area contributed by atoms with Crippen LogP contribution in [0, 0.1) is 6.92 Å². The van der Waals surface area contributed by atoms with Gasteiger partial charge in [0.1, 0.15) is 0 Å². The van der Waals surface area contributed by atoms with Gasteiger partial charge in [0.05, 0.1) is 12.2 Å². The second kappa shape index (κ2) is 7.84. The first-order chi connectivity index (χ1) is 13.7. The number of nitrogens with zero attached hydrogens (tertiary/aromatic N) is 3. The lowest BCUT2D eigenvalue weighted by atomic mass is 10.1. The fourth-order valence-electron chi connectivity index (χ4n) is 2.69. The Bertz CT molecular complexity index is 1070. The smallest absolute Gasteiger partial charge is 0.251 e. The molecule has 6 heteroatoms. The number of aromatic nitrogens is 3. The van der Waals surface area contributed by atoms with Crippen LogP contribution in [-0.2, 0) is 6.54 Å². The van der Waals surface area contributed by atoms with Gasteiger partial charge in [-0.1, -0.05) is 23.8 Å². The van der Waals surface area contributed by atoms with Gasteiger partial charge in [-0.15, -0.1) is 10.2 Å². The van der Waals surface area contributed by atoms with E-state index in [9.17, 15) is 4.79 Å². The molecule has 0 aliphatic heterocycles. The molecule has 4 rings (SSSR count). The minimum absolute atomic E-state index is 0.164. The molecule has 0 bridgehead atoms. The van der Waals surface area contributed by atoms with Gasteiger partial charge < -0.3 is 9.73 Å². The molecule has 1 amide bonds. The van der Waals surface area contributed by atoms with E-state index in [1.165, 1.54) is 5.56 Å². The van der Waals surface area contributed by atoms with Crippen molar-refractivity contribution in [1.29, 1.82) is 0 Å². The van der Waals surface area contributed by atoms with E-state index in [4.69, 9.17) is 4.42 Å². The number of benzene rings is 2. The van der Waals surface area contributed by atoms with Crippen LogP contribution >= 0.6 is 0 Å². The van der Waals surface area contributed by atoms with Gasteiger partial charge in [0.15, 0.2) is 0 Å².